The van der Waals surface area contributed by atoms with E-state index < -0.39 is 10.0 Å². The Balaban J connectivity index is 1.93. The van der Waals surface area contributed by atoms with E-state index in [1.54, 1.807) is 11.0 Å². The molecular formula is C14H21ClN2O3S2. The van der Waals surface area contributed by atoms with E-state index in [4.69, 9.17) is 11.6 Å². The van der Waals surface area contributed by atoms with Crippen LogP contribution in [0.25, 0.3) is 0 Å². The molecule has 124 valence electrons. The van der Waals surface area contributed by atoms with Crippen molar-refractivity contribution in [3.63, 3.8) is 0 Å². The zero-order valence-corrected chi connectivity index (χ0v) is 15.2. The number of halogens is 1. The molecular weight excluding hydrogens is 344 g/mol. The van der Waals surface area contributed by atoms with Crippen molar-refractivity contribution in [2.75, 3.05) is 26.2 Å². The van der Waals surface area contributed by atoms with E-state index in [0.717, 1.165) is 17.8 Å². The molecule has 1 aliphatic rings. The minimum absolute atomic E-state index is 0.116. The van der Waals surface area contributed by atoms with Gasteiger partial charge in [-0.15, -0.1) is 11.3 Å². The average molecular weight is 365 g/mol. The Bertz CT molecular complexity index is 620. The van der Waals surface area contributed by atoms with E-state index in [2.05, 4.69) is 13.8 Å². The molecule has 1 aromatic heterocycles. The summed E-state index contributed by atoms with van der Waals surface area (Å²) in [6.45, 7) is 5.76. The van der Waals surface area contributed by atoms with Crippen LogP contribution in [0.4, 0.5) is 0 Å². The second kappa shape index (κ2) is 7.29. The highest BCUT2D eigenvalue weighted by atomic mass is 35.5. The Labute approximate surface area is 140 Å². The number of carbonyl (C=O) groups excluding carboxylic acids is 1. The van der Waals surface area contributed by atoms with Crippen LogP contribution in [0.5, 0.6) is 0 Å². The van der Waals surface area contributed by atoms with Gasteiger partial charge in [-0.2, -0.15) is 4.31 Å². The number of carbonyl (C=O) groups is 1. The first kappa shape index (κ1) is 17.7. The Morgan fingerprint density at radius 2 is 1.91 bits per heavy atom. The molecule has 0 aromatic carbocycles. The van der Waals surface area contributed by atoms with Crippen molar-refractivity contribution in [1.29, 1.82) is 0 Å². The lowest BCUT2D eigenvalue weighted by atomic mass is 10.1. The lowest BCUT2D eigenvalue weighted by Gasteiger charge is -2.33. The van der Waals surface area contributed by atoms with Crippen molar-refractivity contribution in [3.05, 3.63) is 16.5 Å². The van der Waals surface area contributed by atoms with Gasteiger partial charge in [-0.3, -0.25) is 4.79 Å². The maximum Gasteiger partial charge on any atom is 0.252 e. The molecule has 0 atom stereocenters. The summed E-state index contributed by atoms with van der Waals surface area (Å²) in [5, 5.41) is 0. The molecule has 1 aromatic rings. The number of rotatable bonds is 5. The fourth-order valence-electron chi connectivity index (χ4n) is 2.31. The molecule has 22 heavy (non-hydrogen) atoms. The van der Waals surface area contributed by atoms with Crippen LogP contribution in [-0.2, 0) is 14.8 Å². The van der Waals surface area contributed by atoms with Crippen LogP contribution in [0.15, 0.2) is 16.3 Å². The van der Waals surface area contributed by atoms with Crippen LogP contribution < -0.4 is 0 Å². The van der Waals surface area contributed by atoms with Crippen LogP contribution in [0.1, 0.15) is 26.7 Å². The Hall–Kier alpha value is -0.630. The third kappa shape index (κ3) is 4.22. The number of hydrogen-bond donors (Lipinski definition) is 0. The van der Waals surface area contributed by atoms with Crippen LogP contribution >= 0.6 is 22.9 Å². The predicted octanol–water partition coefficient (Wildman–Crippen LogP) is 2.67. The highest BCUT2D eigenvalue weighted by Crippen LogP contribution is 2.28. The van der Waals surface area contributed by atoms with Gasteiger partial charge in [0, 0.05) is 32.6 Å². The monoisotopic (exact) mass is 364 g/mol. The fraction of sp³-hybridized carbons (Fsp3) is 0.643. The molecule has 0 bridgehead atoms. The molecule has 1 aliphatic heterocycles. The van der Waals surface area contributed by atoms with Crippen LogP contribution in [0.3, 0.4) is 0 Å². The zero-order valence-electron chi connectivity index (χ0n) is 12.8. The van der Waals surface area contributed by atoms with E-state index in [-0.39, 0.29) is 10.1 Å². The molecule has 0 N–H and O–H groups in total. The third-order valence-corrected chi connectivity index (χ3v) is 7.27. The summed E-state index contributed by atoms with van der Waals surface area (Å²) >= 11 is 6.88. The zero-order chi connectivity index (χ0) is 16.3. The van der Waals surface area contributed by atoms with Gasteiger partial charge in [-0.1, -0.05) is 25.4 Å². The lowest BCUT2D eigenvalue weighted by molar-refractivity contribution is -0.132. The Morgan fingerprint density at radius 1 is 1.27 bits per heavy atom. The summed E-state index contributed by atoms with van der Waals surface area (Å²) in [6.07, 6.45) is 1.40. The highest BCUT2D eigenvalue weighted by Gasteiger charge is 2.30. The van der Waals surface area contributed by atoms with Gasteiger partial charge >= 0.3 is 0 Å². The van der Waals surface area contributed by atoms with Gasteiger partial charge in [-0.25, -0.2) is 8.42 Å². The smallest absolute Gasteiger partial charge is 0.252 e. The summed E-state index contributed by atoms with van der Waals surface area (Å²) in [5.74, 6) is 0.610. The van der Waals surface area contributed by atoms with Gasteiger partial charge < -0.3 is 4.90 Å². The fourth-order valence-corrected chi connectivity index (χ4v) is 5.37. The first-order valence-corrected chi connectivity index (χ1v) is 9.97. The summed E-state index contributed by atoms with van der Waals surface area (Å²) in [4.78, 5) is 13.8. The van der Waals surface area contributed by atoms with Gasteiger partial charge in [0.1, 0.15) is 4.21 Å². The van der Waals surface area contributed by atoms with Crippen LogP contribution in [-0.4, -0.2) is 49.7 Å². The number of amides is 1. The molecule has 2 heterocycles. The molecule has 0 spiro atoms. The Kier molecular flexibility index (Phi) is 5.87. The molecule has 1 amide bonds. The quantitative estimate of drug-likeness (QED) is 0.807. The van der Waals surface area contributed by atoms with E-state index in [1.165, 1.54) is 10.4 Å². The molecule has 0 saturated carbocycles. The predicted molar refractivity (Wildman–Crippen MR) is 88.7 cm³/mol. The minimum Gasteiger partial charge on any atom is -0.340 e. The molecule has 0 aliphatic carbocycles. The molecule has 5 nitrogen and oxygen atoms in total. The molecule has 0 unspecified atom stereocenters. The minimum atomic E-state index is -3.49. The van der Waals surface area contributed by atoms with E-state index in [0.29, 0.717) is 42.9 Å². The van der Waals surface area contributed by atoms with Crippen molar-refractivity contribution >= 4 is 38.9 Å². The number of sulfonamides is 1. The van der Waals surface area contributed by atoms with Gasteiger partial charge in [0.25, 0.3) is 10.0 Å². The second-order valence-electron chi connectivity index (χ2n) is 5.78. The Morgan fingerprint density at radius 3 is 2.41 bits per heavy atom. The summed E-state index contributed by atoms with van der Waals surface area (Å²) in [7, 11) is -3.49. The van der Waals surface area contributed by atoms with Gasteiger partial charge in [0.2, 0.25) is 5.91 Å². The van der Waals surface area contributed by atoms with Gasteiger partial charge in [0.15, 0.2) is 0 Å². The highest BCUT2D eigenvalue weighted by molar-refractivity contribution is 7.91. The van der Waals surface area contributed by atoms with Gasteiger partial charge in [-0.05, 0) is 24.5 Å². The lowest BCUT2D eigenvalue weighted by Crippen LogP contribution is -2.50. The molecule has 0 radical (unpaired) electrons. The third-order valence-electron chi connectivity index (χ3n) is 3.67. The first-order valence-electron chi connectivity index (χ1n) is 7.34. The summed E-state index contributed by atoms with van der Waals surface area (Å²) in [5.41, 5.74) is 0. The van der Waals surface area contributed by atoms with E-state index in [1.807, 2.05) is 0 Å². The topological polar surface area (TPSA) is 57.7 Å². The van der Waals surface area contributed by atoms with E-state index in [9.17, 15) is 13.2 Å². The summed E-state index contributed by atoms with van der Waals surface area (Å²) < 4.78 is 27.1. The normalized spacial score (nSPS) is 17.2. The number of thiophene rings is 1. The first-order chi connectivity index (χ1) is 10.3. The van der Waals surface area contributed by atoms with Crippen molar-refractivity contribution in [2.45, 2.75) is 30.9 Å². The maximum atomic E-state index is 12.5. The molecule has 1 saturated heterocycles. The van der Waals surface area contributed by atoms with Crippen LogP contribution in [0.2, 0.25) is 4.34 Å². The van der Waals surface area contributed by atoms with Crippen LogP contribution in [0, 0.1) is 5.92 Å². The maximum absolute atomic E-state index is 12.5. The summed E-state index contributed by atoms with van der Waals surface area (Å²) in [6, 6.07) is 3.12. The number of hydrogen-bond acceptors (Lipinski definition) is 4. The number of piperazine rings is 1. The molecule has 1 fully saturated rings. The van der Waals surface area contributed by atoms with Crippen molar-refractivity contribution < 1.29 is 13.2 Å². The second-order valence-corrected chi connectivity index (χ2v) is 9.66. The van der Waals surface area contributed by atoms with E-state index >= 15 is 0 Å². The van der Waals surface area contributed by atoms with Crippen molar-refractivity contribution in [3.8, 4) is 0 Å². The average Bonchev–Trinajstić information content (AvgIpc) is 2.92. The van der Waals surface area contributed by atoms with Crippen molar-refractivity contribution in [1.82, 2.24) is 9.21 Å². The SMILES string of the molecule is CC(C)CCC(=O)N1CCN(S(=O)(=O)c2ccc(Cl)s2)CC1. The van der Waals surface area contributed by atoms with Gasteiger partial charge in [0.05, 0.1) is 4.34 Å². The standard InChI is InChI=1S/C14H21ClN2O3S2/c1-11(2)3-5-13(18)16-7-9-17(10-8-16)22(19,20)14-6-4-12(15)21-14/h4,6,11H,3,5,7-10H2,1-2H3. The number of nitrogens with zero attached hydrogens (tertiary/aromatic N) is 2. The molecule has 2 rings (SSSR count). The molecule has 8 heteroatoms. The van der Waals surface area contributed by atoms with Crippen molar-refractivity contribution in [2.24, 2.45) is 5.92 Å². The largest absolute Gasteiger partial charge is 0.340 e.